The maximum atomic E-state index is 13.1. The van der Waals surface area contributed by atoms with Crippen LogP contribution >= 0.6 is 0 Å². The van der Waals surface area contributed by atoms with E-state index in [2.05, 4.69) is 15.3 Å². The third kappa shape index (κ3) is 4.89. The lowest BCUT2D eigenvalue weighted by Gasteiger charge is -2.31. The third-order valence-electron chi connectivity index (χ3n) is 4.48. The average Bonchev–Trinajstić information content (AvgIpc) is 3.07. The summed E-state index contributed by atoms with van der Waals surface area (Å²) in [6, 6.07) is 7.94. The van der Waals surface area contributed by atoms with Gasteiger partial charge in [0.15, 0.2) is 0 Å². The highest BCUT2D eigenvalue weighted by Gasteiger charge is 2.20. The zero-order valence-corrected chi connectivity index (χ0v) is 13.7. The van der Waals surface area contributed by atoms with Gasteiger partial charge in [-0.2, -0.15) is 5.10 Å². The number of carbonyl (C=O) groups excluding carboxylic acids is 1. The van der Waals surface area contributed by atoms with Crippen molar-refractivity contribution < 1.29 is 9.18 Å². The Morgan fingerprint density at radius 3 is 2.83 bits per heavy atom. The van der Waals surface area contributed by atoms with Gasteiger partial charge in [-0.1, -0.05) is 6.07 Å². The molecule has 1 aliphatic heterocycles. The van der Waals surface area contributed by atoms with E-state index in [1.807, 2.05) is 23.1 Å². The Hall–Kier alpha value is -2.21. The summed E-state index contributed by atoms with van der Waals surface area (Å²) in [7, 11) is 0. The van der Waals surface area contributed by atoms with E-state index in [1.165, 1.54) is 12.1 Å². The van der Waals surface area contributed by atoms with Crippen molar-refractivity contribution in [3.63, 3.8) is 0 Å². The first-order valence-electron chi connectivity index (χ1n) is 8.44. The number of halogens is 1. The minimum atomic E-state index is -0.341. The summed E-state index contributed by atoms with van der Waals surface area (Å²) >= 11 is 0. The predicted octanol–water partition coefficient (Wildman–Crippen LogP) is 2.76. The Morgan fingerprint density at radius 2 is 2.12 bits per heavy atom. The second-order valence-corrected chi connectivity index (χ2v) is 6.32. The number of rotatable bonds is 6. The molecule has 0 radical (unpaired) electrons. The predicted molar refractivity (Wildman–Crippen MR) is 91.0 cm³/mol. The molecule has 6 heteroatoms. The van der Waals surface area contributed by atoms with Crippen LogP contribution in [0.4, 0.5) is 10.1 Å². The van der Waals surface area contributed by atoms with Gasteiger partial charge in [0.1, 0.15) is 5.82 Å². The lowest BCUT2D eigenvalue weighted by molar-refractivity contribution is -0.116. The van der Waals surface area contributed by atoms with Gasteiger partial charge in [0.25, 0.3) is 0 Å². The number of nitrogens with zero attached hydrogens (tertiary/aromatic N) is 3. The topological polar surface area (TPSA) is 50.2 Å². The van der Waals surface area contributed by atoms with Gasteiger partial charge in [0.05, 0.1) is 0 Å². The standard InChI is InChI=1S/C18H23FN4O/c19-16-3-1-4-17(13-16)21-18(24)7-12-22-10-5-15(6-11-22)14-23-9-2-8-20-23/h1-4,8-9,13,15H,5-7,10-12,14H2,(H,21,24). The van der Waals surface area contributed by atoms with Crippen LogP contribution in [0.2, 0.25) is 0 Å². The Kier molecular flexibility index (Phi) is 5.59. The average molecular weight is 330 g/mol. The Morgan fingerprint density at radius 1 is 1.29 bits per heavy atom. The third-order valence-corrected chi connectivity index (χ3v) is 4.48. The zero-order chi connectivity index (χ0) is 16.8. The first-order valence-corrected chi connectivity index (χ1v) is 8.44. The highest BCUT2D eigenvalue weighted by atomic mass is 19.1. The molecule has 0 unspecified atom stereocenters. The van der Waals surface area contributed by atoms with Crippen LogP contribution in [0.1, 0.15) is 19.3 Å². The molecule has 1 saturated heterocycles. The fraction of sp³-hybridized carbons (Fsp3) is 0.444. The SMILES string of the molecule is O=C(CCN1CCC(Cn2cccn2)CC1)Nc1cccc(F)c1. The lowest BCUT2D eigenvalue weighted by Crippen LogP contribution is -2.36. The zero-order valence-electron chi connectivity index (χ0n) is 13.7. The van der Waals surface area contributed by atoms with Crippen molar-refractivity contribution >= 4 is 11.6 Å². The second kappa shape index (κ2) is 8.06. The van der Waals surface area contributed by atoms with E-state index in [0.717, 1.165) is 39.0 Å². The normalized spacial score (nSPS) is 16.2. The van der Waals surface area contributed by atoms with Crippen molar-refractivity contribution in [1.82, 2.24) is 14.7 Å². The first-order chi connectivity index (χ1) is 11.7. The molecule has 2 heterocycles. The maximum Gasteiger partial charge on any atom is 0.225 e. The molecule has 0 spiro atoms. The van der Waals surface area contributed by atoms with Crippen LogP contribution in [0.15, 0.2) is 42.7 Å². The van der Waals surface area contributed by atoms with Gasteiger partial charge < -0.3 is 10.2 Å². The maximum absolute atomic E-state index is 13.1. The second-order valence-electron chi connectivity index (χ2n) is 6.32. The molecule has 5 nitrogen and oxygen atoms in total. The number of anilines is 1. The molecule has 1 N–H and O–H groups in total. The van der Waals surface area contributed by atoms with Gasteiger partial charge in [-0.05, 0) is 56.1 Å². The fourth-order valence-corrected chi connectivity index (χ4v) is 3.11. The quantitative estimate of drug-likeness (QED) is 0.886. The van der Waals surface area contributed by atoms with Crippen LogP contribution in [0, 0.1) is 11.7 Å². The minimum absolute atomic E-state index is 0.0701. The summed E-state index contributed by atoms with van der Waals surface area (Å²) in [4.78, 5) is 14.3. The molecule has 1 aliphatic rings. The number of hydrogen-bond acceptors (Lipinski definition) is 3. The Balaban J connectivity index is 1.36. The molecule has 1 aromatic carbocycles. The number of nitrogens with one attached hydrogen (secondary N) is 1. The van der Waals surface area contributed by atoms with Crippen LogP contribution in [-0.4, -0.2) is 40.2 Å². The van der Waals surface area contributed by atoms with Crippen LogP contribution in [0.3, 0.4) is 0 Å². The Labute approximate surface area is 141 Å². The van der Waals surface area contributed by atoms with Gasteiger partial charge in [-0.3, -0.25) is 9.48 Å². The molecule has 3 rings (SSSR count). The van der Waals surface area contributed by atoms with E-state index >= 15 is 0 Å². The largest absolute Gasteiger partial charge is 0.326 e. The van der Waals surface area contributed by atoms with Crippen molar-refractivity contribution in [3.05, 3.63) is 48.5 Å². The van der Waals surface area contributed by atoms with Crippen molar-refractivity contribution in [2.45, 2.75) is 25.8 Å². The van der Waals surface area contributed by atoms with Crippen LogP contribution in [0.25, 0.3) is 0 Å². The Bertz CT molecular complexity index is 651. The van der Waals surface area contributed by atoms with E-state index in [0.29, 0.717) is 18.0 Å². The summed E-state index contributed by atoms with van der Waals surface area (Å²) in [5.41, 5.74) is 0.512. The number of aromatic nitrogens is 2. The van der Waals surface area contributed by atoms with Gasteiger partial charge >= 0.3 is 0 Å². The molecule has 0 atom stereocenters. The molecule has 1 amide bonds. The van der Waals surface area contributed by atoms with Crippen molar-refractivity contribution in [1.29, 1.82) is 0 Å². The summed E-state index contributed by atoms with van der Waals surface area (Å²) in [5, 5.41) is 7.00. The number of hydrogen-bond donors (Lipinski definition) is 1. The molecule has 0 aliphatic carbocycles. The molecule has 1 aromatic heterocycles. The van der Waals surface area contributed by atoms with Gasteiger partial charge in [0.2, 0.25) is 5.91 Å². The minimum Gasteiger partial charge on any atom is -0.326 e. The molecule has 128 valence electrons. The van der Waals surface area contributed by atoms with E-state index in [9.17, 15) is 9.18 Å². The molecule has 0 bridgehead atoms. The fourth-order valence-electron chi connectivity index (χ4n) is 3.11. The molecule has 1 fully saturated rings. The van der Waals surface area contributed by atoms with Crippen molar-refractivity contribution in [2.24, 2.45) is 5.92 Å². The van der Waals surface area contributed by atoms with Gasteiger partial charge in [0, 0.05) is 37.6 Å². The number of benzene rings is 1. The van der Waals surface area contributed by atoms with Gasteiger partial charge in [-0.25, -0.2) is 4.39 Å². The van der Waals surface area contributed by atoms with E-state index in [4.69, 9.17) is 0 Å². The lowest BCUT2D eigenvalue weighted by atomic mass is 9.97. The van der Waals surface area contributed by atoms with E-state index in [1.54, 1.807) is 12.1 Å². The monoisotopic (exact) mass is 330 g/mol. The van der Waals surface area contributed by atoms with Crippen LogP contribution in [-0.2, 0) is 11.3 Å². The van der Waals surface area contributed by atoms with Crippen molar-refractivity contribution in [2.75, 3.05) is 25.0 Å². The van der Waals surface area contributed by atoms with E-state index < -0.39 is 0 Å². The highest BCUT2D eigenvalue weighted by Crippen LogP contribution is 2.19. The van der Waals surface area contributed by atoms with Crippen LogP contribution in [0.5, 0.6) is 0 Å². The summed E-state index contributed by atoms with van der Waals surface area (Å²) in [5.74, 6) is 0.244. The highest BCUT2D eigenvalue weighted by molar-refractivity contribution is 5.90. The number of amides is 1. The molecular weight excluding hydrogens is 307 g/mol. The molecule has 0 saturated carbocycles. The van der Waals surface area contributed by atoms with Crippen molar-refractivity contribution in [3.8, 4) is 0 Å². The molecule has 2 aromatic rings. The first kappa shape index (κ1) is 16.6. The van der Waals surface area contributed by atoms with E-state index in [-0.39, 0.29) is 11.7 Å². The number of piperidine rings is 1. The molecular formula is C18H23FN4O. The molecule has 24 heavy (non-hydrogen) atoms. The smallest absolute Gasteiger partial charge is 0.225 e. The summed E-state index contributed by atoms with van der Waals surface area (Å²) < 4.78 is 15.1. The number of carbonyl (C=O) groups is 1. The van der Waals surface area contributed by atoms with Crippen LogP contribution < -0.4 is 5.32 Å². The summed E-state index contributed by atoms with van der Waals surface area (Å²) in [6.45, 7) is 3.74. The summed E-state index contributed by atoms with van der Waals surface area (Å²) in [6.07, 6.45) is 6.51. The van der Waals surface area contributed by atoms with Gasteiger partial charge in [-0.15, -0.1) is 0 Å². The number of likely N-dealkylation sites (tertiary alicyclic amines) is 1.